The fourth-order valence-corrected chi connectivity index (χ4v) is 1.30. The van der Waals surface area contributed by atoms with Crippen LogP contribution >= 0.6 is 0 Å². The number of aliphatic imine (C=N–C) groups is 1. The first-order valence-electron chi connectivity index (χ1n) is 3.50. The fourth-order valence-electron chi connectivity index (χ4n) is 1.30. The van der Waals surface area contributed by atoms with Crippen molar-refractivity contribution in [1.29, 1.82) is 0 Å². The van der Waals surface area contributed by atoms with Gasteiger partial charge in [0, 0.05) is 7.05 Å². The maximum atomic E-state index is 11.3. The molecule has 0 aliphatic carbocycles. The van der Waals surface area contributed by atoms with Gasteiger partial charge in [0.15, 0.2) is 5.91 Å². The second-order valence-corrected chi connectivity index (χ2v) is 2.73. The standard InChI is InChI=1S/C8H7N2O2/c1-4-6-5(3-9-7(6)11)8(12)10(4)2/h1-2H3,(H,9,11)/q-1/p-1. The first-order valence-corrected chi connectivity index (χ1v) is 3.50. The van der Waals surface area contributed by atoms with E-state index in [1.807, 2.05) is 0 Å². The molecule has 12 heavy (non-hydrogen) atoms. The van der Waals surface area contributed by atoms with Crippen LogP contribution in [0.15, 0.2) is 21.8 Å². The topological polar surface area (TPSA) is 55.7 Å². The number of fused-ring (bicyclic) bond motifs is 1. The highest BCUT2D eigenvalue weighted by atomic mass is 16.3. The molecule has 2 aliphatic rings. The highest BCUT2D eigenvalue weighted by Gasteiger charge is 2.22. The normalized spacial score (nSPS) is 21.5. The van der Waals surface area contributed by atoms with Crippen LogP contribution in [0.4, 0.5) is 0 Å². The number of allylic oxidation sites excluding steroid dienone is 1. The Balaban J connectivity index is 2.60. The lowest BCUT2D eigenvalue weighted by Gasteiger charge is -2.18. The van der Waals surface area contributed by atoms with Gasteiger partial charge in [-0.25, -0.2) is 0 Å². The lowest BCUT2D eigenvalue weighted by Crippen LogP contribution is -2.19. The molecule has 4 heteroatoms. The van der Waals surface area contributed by atoms with Crippen molar-refractivity contribution in [1.82, 2.24) is 4.90 Å². The van der Waals surface area contributed by atoms with Gasteiger partial charge in [-0.3, -0.25) is 0 Å². The number of hydrogen-bond acceptors (Lipinski definition) is 3. The monoisotopic (exact) mass is 162 g/mol. The van der Waals surface area contributed by atoms with Gasteiger partial charge in [0.25, 0.3) is 0 Å². The number of carbonyl (C=O) groups is 1. The second-order valence-electron chi connectivity index (χ2n) is 2.73. The Labute approximate surface area is 69.5 Å². The SMILES string of the molecule is CC1=C2C(=[C-]N=C2[O-])C(=O)N1C. The Hall–Kier alpha value is -1.58. The molecule has 0 aromatic heterocycles. The lowest BCUT2D eigenvalue weighted by molar-refractivity contribution is -0.212. The Morgan fingerprint density at radius 3 is 2.83 bits per heavy atom. The predicted molar refractivity (Wildman–Crippen MR) is 39.7 cm³/mol. The number of likely N-dealkylation sites (N-methyl/N-ethyl adjacent to an activating group) is 1. The number of rotatable bonds is 0. The number of hydrogen-bond donors (Lipinski definition) is 0. The maximum Gasteiger partial charge on any atom is 0.172 e. The van der Waals surface area contributed by atoms with Crippen molar-refractivity contribution >= 4 is 11.8 Å². The molecule has 2 aliphatic heterocycles. The molecular formula is C8H6N2O2-2. The van der Waals surface area contributed by atoms with Crippen LogP contribution in [-0.4, -0.2) is 23.8 Å². The molecule has 0 unspecified atom stereocenters. The third-order valence-corrected chi connectivity index (χ3v) is 2.12. The molecule has 0 fully saturated rings. The van der Waals surface area contributed by atoms with E-state index in [0.29, 0.717) is 16.8 Å². The number of carbonyl (C=O) groups excluding carboxylic acids is 1. The van der Waals surface area contributed by atoms with Crippen LogP contribution in [-0.2, 0) is 4.79 Å². The van der Waals surface area contributed by atoms with Crippen molar-refractivity contribution in [3.63, 3.8) is 0 Å². The van der Waals surface area contributed by atoms with Gasteiger partial charge < -0.3 is 19.8 Å². The molecule has 2 rings (SSSR count). The highest BCUT2D eigenvalue weighted by molar-refractivity contribution is 6.15. The van der Waals surface area contributed by atoms with E-state index in [0.717, 1.165) is 0 Å². The summed E-state index contributed by atoms with van der Waals surface area (Å²) in [5, 5.41) is 11.1. The molecule has 0 N–H and O–H groups in total. The summed E-state index contributed by atoms with van der Waals surface area (Å²) in [5.74, 6) is -0.558. The van der Waals surface area contributed by atoms with Gasteiger partial charge in [0.1, 0.15) is 0 Å². The fraction of sp³-hybridized carbons (Fsp3) is 0.250. The van der Waals surface area contributed by atoms with Crippen molar-refractivity contribution in [2.24, 2.45) is 4.99 Å². The Kier molecular flexibility index (Phi) is 1.16. The van der Waals surface area contributed by atoms with Crippen LogP contribution < -0.4 is 5.11 Å². The molecule has 0 aromatic carbocycles. The first-order chi connectivity index (χ1) is 5.63. The van der Waals surface area contributed by atoms with Crippen molar-refractivity contribution in [2.75, 3.05) is 7.05 Å². The molecule has 0 saturated heterocycles. The lowest BCUT2D eigenvalue weighted by atomic mass is 10.1. The van der Waals surface area contributed by atoms with E-state index in [4.69, 9.17) is 0 Å². The van der Waals surface area contributed by atoms with Gasteiger partial charge in [0.05, 0.1) is 0 Å². The van der Waals surface area contributed by atoms with E-state index in [1.54, 1.807) is 14.0 Å². The molecule has 1 amide bonds. The van der Waals surface area contributed by atoms with Gasteiger partial charge in [-0.15, -0.1) is 11.5 Å². The zero-order chi connectivity index (χ0) is 8.88. The highest BCUT2D eigenvalue weighted by Crippen LogP contribution is 2.30. The molecular weight excluding hydrogens is 156 g/mol. The molecule has 0 spiro atoms. The Morgan fingerprint density at radius 2 is 2.25 bits per heavy atom. The summed E-state index contributed by atoms with van der Waals surface area (Å²) >= 11 is 0. The van der Waals surface area contributed by atoms with Crippen LogP contribution in [0.25, 0.3) is 0 Å². The first kappa shape index (κ1) is 7.09. The van der Waals surface area contributed by atoms with Crippen molar-refractivity contribution in [2.45, 2.75) is 6.92 Å². The van der Waals surface area contributed by atoms with Crippen molar-refractivity contribution in [3.8, 4) is 0 Å². The average Bonchev–Trinajstić information content (AvgIpc) is 2.51. The molecule has 4 nitrogen and oxygen atoms in total. The quantitative estimate of drug-likeness (QED) is 0.437. The Bertz CT molecular complexity index is 363. The van der Waals surface area contributed by atoms with Gasteiger partial charge in [-0.2, -0.15) is 0 Å². The summed E-state index contributed by atoms with van der Waals surface area (Å²) < 4.78 is 0. The minimum absolute atomic E-state index is 0.197. The van der Waals surface area contributed by atoms with Crippen molar-refractivity contribution < 1.29 is 9.90 Å². The molecule has 0 saturated carbocycles. The summed E-state index contributed by atoms with van der Waals surface area (Å²) in [6, 6.07) is 0. The predicted octanol–water partition coefficient (Wildman–Crippen LogP) is -0.808. The maximum absolute atomic E-state index is 11.3. The molecule has 0 atom stereocenters. The third kappa shape index (κ3) is 0.617. The largest absolute Gasteiger partial charge is 0.907 e. The van der Waals surface area contributed by atoms with Crippen LogP contribution in [0.2, 0.25) is 0 Å². The van der Waals surface area contributed by atoms with Crippen LogP contribution in [0.1, 0.15) is 6.92 Å². The van der Waals surface area contributed by atoms with Gasteiger partial charge in [0.2, 0.25) is 0 Å². The van der Waals surface area contributed by atoms with E-state index >= 15 is 0 Å². The van der Waals surface area contributed by atoms with Gasteiger partial charge in [-0.05, 0) is 18.8 Å². The zero-order valence-corrected chi connectivity index (χ0v) is 6.71. The van der Waals surface area contributed by atoms with E-state index in [-0.39, 0.29) is 11.8 Å². The zero-order valence-electron chi connectivity index (χ0n) is 6.71. The summed E-state index contributed by atoms with van der Waals surface area (Å²) in [7, 11) is 1.63. The molecule has 0 radical (unpaired) electrons. The number of nitrogens with zero attached hydrogens (tertiary/aromatic N) is 2. The molecule has 62 valence electrons. The summed E-state index contributed by atoms with van der Waals surface area (Å²) in [5.41, 5.74) is 1.37. The average molecular weight is 162 g/mol. The van der Waals surface area contributed by atoms with E-state index in [1.165, 1.54) is 4.90 Å². The summed E-state index contributed by atoms with van der Waals surface area (Å²) in [6.45, 7) is 1.72. The minimum atomic E-state index is -0.361. The summed E-state index contributed by atoms with van der Waals surface area (Å²) in [4.78, 5) is 16.2. The Morgan fingerprint density at radius 1 is 1.58 bits per heavy atom. The minimum Gasteiger partial charge on any atom is -0.907 e. The smallest absolute Gasteiger partial charge is 0.172 e. The van der Waals surface area contributed by atoms with E-state index in [9.17, 15) is 9.90 Å². The molecule has 2 heterocycles. The molecule has 0 bridgehead atoms. The third-order valence-electron chi connectivity index (χ3n) is 2.12. The van der Waals surface area contributed by atoms with Gasteiger partial charge in [-0.1, -0.05) is 5.57 Å². The van der Waals surface area contributed by atoms with Crippen LogP contribution in [0.5, 0.6) is 0 Å². The second kappa shape index (κ2) is 1.97. The van der Waals surface area contributed by atoms with Crippen LogP contribution in [0, 0.1) is 6.20 Å². The van der Waals surface area contributed by atoms with E-state index < -0.39 is 0 Å². The number of amides is 1. The molecule has 0 aromatic rings. The van der Waals surface area contributed by atoms with Gasteiger partial charge >= 0.3 is 0 Å². The van der Waals surface area contributed by atoms with Crippen LogP contribution in [0.3, 0.4) is 0 Å². The summed E-state index contributed by atoms with van der Waals surface area (Å²) in [6.07, 6.45) is 2.42. The van der Waals surface area contributed by atoms with Crippen molar-refractivity contribution in [3.05, 3.63) is 23.0 Å². The van der Waals surface area contributed by atoms with E-state index in [2.05, 4.69) is 11.2 Å².